The molecule has 0 spiro atoms. The summed E-state index contributed by atoms with van der Waals surface area (Å²) in [5.41, 5.74) is 1.52. The van der Waals surface area contributed by atoms with Gasteiger partial charge >= 0.3 is 12.0 Å². The highest BCUT2D eigenvalue weighted by atomic mass is 16.5. The normalized spacial score (nSPS) is 24.5. The second kappa shape index (κ2) is 6.46. The van der Waals surface area contributed by atoms with Crippen molar-refractivity contribution in [2.24, 2.45) is 5.92 Å². The standard InChI is InChI=1S/C20H25N3O5/c1-11-8-15(12(2)23(11)14-6-7-14)16(24)10-28-17(25)9-22-18(26)20(3,13-4-5-13)21-19(22)27/h8,13-14H,4-7,9-10H2,1-3H3,(H,21,27)/t20-/m1/s1. The Balaban J connectivity index is 1.35. The third-order valence-corrected chi connectivity index (χ3v) is 6.04. The number of hydrogen-bond acceptors (Lipinski definition) is 5. The molecule has 0 unspecified atom stereocenters. The summed E-state index contributed by atoms with van der Waals surface area (Å²) in [6, 6.07) is 1.70. The Morgan fingerprint density at radius 1 is 1.21 bits per heavy atom. The number of ether oxygens (including phenoxy) is 1. The van der Waals surface area contributed by atoms with Crippen LogP contribution >= 0.6 is 0 Å². The number of Topliss-reactive ketones (excluding diaryl/α,β-unsaturated/α-hetero) is 1. The van der Waals surface area contributed by atoms with Crippen LogP contribution in [0, 0.1) is 19.8 Å². The van der Waals surface area contributed by atoms with Crippen molar-refractivity contribution >= 4 is 23.7 Å². The lowest BCUT2D eigenvalue weighted by Gasteiger charge is -2.20. The number of nitrogens with zero attached hydrogens (tertiary/aromatic N) is 2. The number of carbonyl (C=O) groups is 4. The topological polar surface area (TPSA) is 97.7 Å². The van der Waals surface area contributed by atoms with Gasteiger partial charge in [0, 0.05) is 23.0 Å². The number of carbonyl (C=O) groups excluding carboxylic acids is 4. The van der Waals surface area contributed by atoms with Gasteiger partial charge in [-0.1, -0.05) is 0 Å². The number of aromatic nitrogens is 1. The number of ketones is 1. The predicted molar refractivity (Wildman–Crippen MR) is 98.8 cm³/mol. The predicted octanol–water partition coefficient (Wildman–Crippen LogP) is 1.89. The van der Waals surface area contributed by atoms with Crippen LogP contribution in [0.5, 0.6) is 0 Å². The van der Waals surface area contributed by atoms with Gasteiger partial charge in [0.1, 0.15) is 12.1 Å². The maximum Gasteiger partial charge on any atom is 0.326 e. The summed E-state index contributed by atoms with van der Waals surface area (Å²) < 4.78 is 7.22. The molecule has 0 aromatic carbocycles. The third-order valence-electron chi connectivity index (χ3n) is 6.04. The fourth-order valence-electron chi connectivity index (χ4n) is 4.15. The molecule has 1 saturated heterocycles. The van der Waals surface area contributed by atoms with Gasteiger partial charge in [-0.3, -0.25) is 19.3 Å². The monoisotopic (exact) mass is 387 g/mol. The van der Waals surface area contributed by atoms with Gasteiger partial charge in [0.05, 0.1) is 0 Å². The molecule has 1 atom stereocenters. The minimum absolute atomic E-state index is 0.119. The van der Waals surface area contributed by atoms with Crippen molar-refractivity contribution in [2.75, 3.05) is 13.2 Å². The molecule has 1 N–H and O–H groups in total. The molecule has 2 saturated carbocycles. The zero-order valence-corrected chi connectivity index (χ0v) is 16.4. The highest BCUT2D eigenvalue weighted by Gasteiger charge is 2.56. The highest BCUT2D eigenvalue weighted by molar-refractivity contribution is 6.09. The Bertz CT molecular complexity index is 881. The van der Waals surface area contributed by atoms with Crippen LogP contribution in [0.3, 0.4) is 0 Å². The van der Waals surface area contributed by atoms with Gasteiger partial charge in [-0.25, -0.2) is 4.79 Å². The maximum atomic E-state index is 12.5. The van der Waals surface area contributed by atoms with Crippen LogP contribution < -0.4 is 5.32 Å². The molecule has 3 aliphatic rings. The van der Waals surface area contributed by atoms with Gasteiger partial charge in [-0.2, -0.15) is 0 Å². The lowest BCUT2D eigenvalue weighted by molar-refractivity contribution is -0.146. The second-order valence-corrected chi connectivity index (χ2v) is 8.27. The SMILES string of the molecule is Cc1cc(C(=O)COC(=O)CN2C(=O)N[C@](C)(C3CC3)C2=O)c(C)n1C1CC1. The highest BCUT2D eigenvalue weighted by Crippen LogP contribution is 2.42. The number of aryl methyl sites for hydroxylation is 1. The molecule has 1 aromatic heterocycles. The average molecular weight is 387 g/mol. The number of imide groups is 1. The van der Waals surface area contributed by atoms with E-state index in [9.17, 15) is 19.2 Å². The summed E-state index contributed by atoms with van der Waals surface area (Å²) in [6.07, 6.45) is 4.00. The molecular weight excluding hydrogens is 362 g/mol. The first-order valence-corrected chi connectivity index (χ1v) is 9.73. The van der Waals surface area contributed by atoms with Crippen molar-refractivity contribution in [3.8, 4) is 0 Å². The molecule has 3 amide bonds. The quantitative estimate of drug-likeness (QED) is 0.438. The van der Waals surface area contributed by atoms with Crippen LogP contribution in [-0.2, 0) is 14.3 Å². The van der Waals surface area contributed by atoms with Crippen LogP contribution in [0.25, 0.3) is 0 Å². The van der Waals surface area contributed by atoms with Crippen molar-refractivity contribution in [3.63, 3.8) is 0 Å². The number of urea groups is 1. The largest absolute Gasteiger partial charge is 0.456 e. The number of rotatable bonds is 7. The van der Waals surface area contributed by atoms with Crippen LogP contribution in [0.2, 0.25) is 0 Å². The second-order valence-electron chi connectivity index (χ2n) is 8.27. The maximum absolute atomic E-state index is 12.5. The Morgan fingerprint density at radius 2 is 1.89 bits per heavy atom. The van der Waals surface area contributed by atoms with Gasteiger partial charge < -0.3 is 14.6 Å². The molecule has 0 bridgehead atoms. The van der Waals surface area contributed by atoms with E-state index in [1.165, 1.54) is 0 Å². The molecular formula is C20H25N3O5. The van der Waals surface area contributed by atoms with Crippen LogP contribution in [-0.4, -0.2) is 51.8 Å². The van der Waals surface area contributed by atoms with Crippen molar-refractivity contribution in [2.45, 2.75) is 58.0 Å². The van der Waals surface area contributed by atoms with Crippen molar-refractivity contribution < 1.29 is 23.9 Å². The Labute approximate surface area is 163 Å². The summed E-state index contributed by atoms with van der Waals surface area (Å²) in [6.45, 7) is 4.66. The van der Waals surface area contributed by atoms with E-state index in [-0.39, 0.29) is 11.7 Å². The van der Waals surface area contributed by atoms with Crippen LogP contribution in [0.1, 0.15) is 60.4 Å². The van der Waals surface area contributed by atoms with E-state index in [4.69, 9.17) is 4.74 Å². The molecule has 1 aromatic rings. The van der Waals surface area contributed by atoms with E-state index in [1.807, 2.05) is 19.9 Å². The third kappa shape index (κ3) is 3.10. The van der Waals surface area contributed by atoms with E-state index in [2.05, 4.69) is 9.88 Å². The first-order chi connectivity index (χ1) is 13.2. The molecule has 4 rings (SSSR count). The van der Waals surface area contributed by atoms with E-state index in [1.54, 1.807) is 6.92 Å². The van der Waals surface area contributed by atoms with Gasteiger partial charge in [0.25, 0.3) is 5.91 Å². The van der Waals surface area contributed by atoms with Crippen LogP contribution in [0.4, 0.5) is 4.79 Å². The summed E-state index contributed by atoms with van der Waals surface area (Å²) >= 11 is 0. The first kappa shape index (κ1) is 18.7. The zero-order valence-electron chi connectivity index (χ0n) is 16.4. The van der Waals surface area contributed by atoms with Crippen molar-refractivity contribution in [1.82, 2.24) is 14.8 Å². The van der Waals surface area contributed by atoms with E-state index in [0.717, 1.165) is 42.0 Å². The van der Waals surface area contributed by atoms with Gasteiger partial charge in [-0.15, -0.1) is 0 Å². The van der Waals surface area contributed by atoms with E-state index in [0.29, 0.717) is 11.6 Å². The summed E-state index contributed by atoms with van der Waals surface area (Å²) in [4.78, 5) is 50.2. The fourth-order valence-corrected chi connectivity index (χ4v) is 4.15. The van der Waals surface area contributed by atoms with Crippen molar-refractivity contribution in [1.29, 1.82) is 0 Å². The molecule has 2 aliphatic carbocycles. The molecule has 8 nitrogen and oxygen atoms in total. The zero-order chi connectivity index (χ0) is 20.2. The average Bonchev–Trinajstić information content (AvgIpc) is 3.54. The molecule has 0 radical (unpaired) electrons. The van der Waals surface area contributed by atoms with Gasteiger partial charge in [0.2, 0.25) is 5.78 Å². The fraction of sp³-hybridized carbons (Fsp3) is 0.600. The summed E-state index contributed by atoms with van der Waals surface area (Å²) in [5, 5.41) is 2.68. The molecule has 3 fully saturated rings. The Hall–Kier alpha value is -2.64. The number of esters is 1. The number of hydrogen-bond donors (Lipinski definition) is 1. The number of nitrogens with one attached hydrogen (secondary N) is 1. The summed E-state index contributed by atoms with van der Waals surface area (Å²) in [5.74, 6) is -1.34. The minimum atomic E-state index is -0.937. The van der Waals surface area contributed by atoms with Crippen LogP contribution in [0.15, 0.2) is 6.07 Å². The number of amides is 3. The molecule has 1 aliphatic heterocycles. The van der Waals surface area contributed by atoms with E-state index < -0.39 is 36.6 Å². The Morgan fingerprint density at radius 3 is 2.50 bits per heavy atom. The molecule has 8 heteroatoms. The molecule has 150 valence electrons. The molecule has 28 heavy (non-hydrogen) atoms. The lowest BCUT2D eigenvalue weighted by atomic mass is 9.96. The lowest BCUT2D eigenvalue weighted by Crippen LogP contribution is -2.46. The Kier molecular flexibility index (Phi) is 4.32. The summed E-state index contributed by atoms with van der Waals surface area (Å²) in [7, 11) is 0. The van der Waals surface area contributed by atoms with Crippen molar-refractivity contribution in [3.05, 3.63) is 23.0 Å². The van der Waals surface area contributed by atoms with E-state index >= 15 is 0 Å². The first-order valence-electron chi connectivity index (χ1n) is 9.73. The molecule has 2 heterocycles. The smallest absolute Gasteiger partial charge is 0.326 e. The minimum Gasteiger partial charge on any atom is -0.456 e. The van der Waals surface area contributed by atoms with Gasteiger partial charge in [-0.05, 0) is 58.4 Å². The van der Waals surface area contributed by atoms with Gasteiger partial charge in [0.15, 0.2) is 6.61 Å².